The van der Waals surface area contributed by atoms with Crippen LogP contribution >= 0.6 is 11.3 Å². The van der Waals surface area contributed by atoms with E-state index in [4.69, 9.17) is 0 Å². The Hall–Kier alpha value is -2.08. The zero-order valence-corrected chi connectivity index (χ0v) is 11.5. The fourth-order valence-corrected chi connectivity index (χ4v) is 2.11. The van der Waals surface area contributed by atoms with E-state index >= 15 is 0 Å². The van der Waals surface area contributed by atoms with Gasteiger partial charge in [-0.3, -0.25) is 14.9 Å². The summed E-state index contributed by atoms with van der Waals surface area (Å²) in [7, 11) is 0. The van der Waals surface area contributed by atoms with Crippen LogP contribution in [-0.2, 0) is 11.2 Å². The first kappa shape index (κ1) is 13.4. The lowest BCUT2D eigenvalue weighted by atomic mass is 10.1. The van der Waals surface area contributed by atoms with Crippen LogP contribution in [0.3, 0.4) is 0 Å². The molecule has 0 spiro atoms. The van der Waals surface area contributed by atoms with E-state index in [0.29, 0.717) is 10.7 Å². The Morgan fingerprint density at radius 3 is 2.47 bits per heavy atom. The number of rotatable bonds is 4. The standard InChI is InChI=1S/C13H13N3O2S/c1-3-10-15-16-13(19-10)14-12(18)11(17)9-6-4-8(2)5-7-9/h4-7H,3H2,1-2H3,(H,14,16,18). The minimum atomic E-state index is -0.692. The smallest absolute Gasteiger partial charge is 0.294 e. The molecule has 1 aromatic carbocycles. The van der Waals surface area contributed by atoms with Crippen LogP contribution in [0.4, 0.5) is 5.13 Å². The average molecular weight is 275 g/mol. The number of nitrogens with one attached hydrogen (secondary N) is 1. The summed E-state index contributed by atoms with van der Waals surface area (Å²) in [5.74, 6) is -1.27. The van der Waals surface area contributed by atoms with Crippen LogP contribution in [0.25, 0.3) is 0 Å². The molecule has 0 radical (unpaired) electrons. The third-order valence-corrected chi connectivity index (χ3v) is 3.49. The summed E-state index contributed by atoms with van der Waals surface area (Å²) >= 11 is 1.27. The van der Waals surface area contributed by atoms with Crippen LogP contribution in [0.15, 0.2) is 24.3 Å². The highest BCUT2D eigenvalue weighted by Crippen LogP contribution is 2.15. The second-order valence-corrected chi connectivity index (χ2v) is 5.07. The molecule has 2 rings (SSSR count). The number of aryl methyl sites for hydroxylation is 2. The van der Waals surface area contributed by atoms with Crippen LogP contribution in [0.5, 0.6) is 0 Å². The van der Waals surface area contributed by atoms with Gasteiger partial charge in [0.2, 0.25) is 5.13 Å². The van der Waals surface area contributed by atoms with Crippen molar-refractivity contribution in [2.24, 2.45) is 0 Å². The Kier molecular flexibility index (Phi) is 4.01. The van der Waals surface area contributed by atoms with Gasteiger partial charge in [0, 0.05) is 5.56 Å². The number of ketones is 1. The second kappa shape index (κ2) is 5.71. The van der Waals surface area contributed by atoms with Crippen LogP contribution in [-0.4, -0.2) is 21.9 Å². The molecule has 1 amide bonds. The Bertz CT molecular complexity index is 605. The van der Waals surface area contributed by atoms with E-state index in [2.05, 4.69) is 15.5 Å². The first-order chi connectivity index (χ1) is 9.10. The van der Waals surface area contributed by atoms with Gasteiger partial charge in [0.05, 0.1) is 0 Å². The molecule has 0 fully saturated rings. The fraction of sp³-hybridized carbons (Fsp3) is 0.231. The summed E-state index contributed by atoms with van der Waals surface area (Å²) in [6.07, 6.45) is 0.749. The number of hydrogen-bond donors (Lipinski definition) is 1. The first-order valence-corrected chi connectivity index (χ1v) is 6.66. The number of benzene rings is 1. The van der Waals surface area contributed by atoms with Crippen molar-refractivity contribution in [3.05, 3.63) is 40.4 Å². The summed E-state index contributed by atoms with van der Waals surface area (Å²) in [6.45, 7) is 3.87. The van der Waals surface area contributed by atoms with Crippen LogP contribution in [0, 0.1) is 6.92 Å². The van der Waals surface area contributed by atoms with Gasteiger partial charge in [0.25, 0.3) is 11.7 Å². The molecule has 0 aliphatic heterocycles. The topological polar surface area (TPSA) is 72.0 Å². The molecule has 1 N–H and O–H groups in total. The average Bonchev–Trinajstić information content (AvgIpc) is 2.86. The Labute approximate surface area is 114 Å². The number of hydrogen-bond acceptors (Lipinski definition) is 5. The third kappa shape index (κ3) is 3.23. The summed E-state index contributed by atoms with van der Waals surface area (Å²) < 4.78 is 0. The predicted molar refractivity (Wildman–Crippen MR) is 73.4 cm³/mol. The van der Waals surface area contributed by atoms with Gasteiger partial charge in [0.15, 0.2) is 0 Å². The second-order valence-electron chi connectivity index (χ2n) is 4.00. The lowest BCUT2D eigenvalue weighted by Crippen LogP contribution is -2.22. The van der Waals surface area contributed by atoms with E-state index in [1.165, 1.54) is 11.3 Å². The largest absolute Gasteiger partial charge is 0.298 e. The SMILES string of the molecule is CCc1nnc(NC(=O)C(=O)c2ccc(C)cc2)s1. The molecule has 6 heteroatoms. The highest BCUT2D eigenvalue weighted by molar-refractivity contribution is 7.15. The maximum Gasteiger partial charge on any atom is 0.298 e. The first-order valence-electron chi connectivity index (χ1n) is 5.85. The van der Waals surface area contributed by atoms with Gasteiger partial charge >= 0.3 is 0 Å². The van der Waals surface area contributed by atoms with E-state index in [0.717, 1.165) is 17.0 Å². The van der Waals surface area contributed by atoms with E-state index in [1.54, 1.807) is 24.3 Å². The highest BCUT2D eigenvalue weighted by atomic mass is 32.1. The maximum absolute atomic E-state index is 11.9. The zero-order valence-electron chi connectivity index (χ0n) is 10.6. The van der Waals surface area contributed by atoms with Crippen LogP contribution in [0.2, 0.25) is 0 Å². The van der Waals surface area contributed by atoms with Gasteiger partial charge in [-0.05, 0) is 13.3 Å². The minimum absolute atomic E-state index is 0.349. The van der Waals surface area contributed by atoms with Crippen molar-refractivity contribution in [1.82, 2.24) is 10.2 Å². The van der Waals surface area contributed by atoms with E-state index in [9.17, 15) is 9.59 Å². The van der Waals surface area contributed by atoms with Crippen molar-refractivity contribution in [3.8, 4) is 0 Å². The van der Waals surface area contributed by atoms with Crippen molar-refractivity contribution in [2.45, 2.75) is 20.3 Å². The third-order valence-electron chi connectivity index (χ3n) is 2.51. The summed E-state index contributed by atoms with van der Waals surface area (Å²) in [4.78, 5) is 23.7. The van der Waals surface area contributed by atoms with E-state index < -0.39 is 11.7 Å². The fourth-order valence-electron chi connectivity index (χ4n) is 1.44. The molecule has 1 aromatic heterocycles. The lowest BCUT2D eigenvalue weighted by Gasteiger charge is -2.01. The van der Waals surface area contributed by atoms with Crippen LogP contribution in [0.1, 0.15) is 27.9 Å². The molecule has 98 valence electrons. The number of carbonyl (C=O) groups is 2. The number of aromatic nitrogens is 2. The molecule has 5 nitrogen and oxygen atoms in total. The number of anilines is 1. The van der Waals surface area contributed by atoms with E-state index in [1.807, 2.05) is 13.8 Å². The molecule has 0 atom stereocenters. The monoisotopic (exact) mass is 275 g/mol. The highest BCUT2D eigenvalue weighted by Gasteiger charge is 2.17. The molecule has 19 heavy (non-hydrogen) atoms. The molecular formula is C13H13N3O2S. The number of amides is 1. The molecule has 1 heterocycles. The summed E-state index contributed by atoms with van der Waals surface area (Å²) in [5, 5.41) is 11.3. The van der Waals surface area contributed by atoms with Gasteiger partial charge in [-0.15, -0.1) is 10.2 Å². The van der Waals surface area contributed by atoms with E-state index in [-0.39, 0.29) is 0 Å². The van der Waals surface area contributed by atoms with Crippen molar-refractivity contribution in [1.29, 1.82) is 0 Å². The zero-order chi connectivity index (χ0) is 13.8. The quantitative estimate of drug-likeness (QED) is 0.686. The molecule has 0 saturated carbocycles. The van der Waals surface area contributed by atoms with Crippen LogP contribution < -0.4 is 5.32 Å². The predicted octanol–water partition coefficient (Wildman–Crippen LogP) is 2.23. The Balaban J connectivity index is 2.07. The van der Waals surface area contributed by atoms with Gasteiger partial charge in [-0.2, -0.15) is 0 Å². The number of carbonyl (C=O) groups excluding carboxylic acids is 2. The van der Waals surface area contributed by atoms with Gasteiger partial charge in [0.1, 0.15) is 5.01 Å². The van der Waals surface area contributed by atoms with Crippen molar-refractivity contribution < 1.29 is 9.59 Å². The molecule has 2 aromatic rings. The van der Waals surface area contributed by atoms with Crippen molar-refractivity contribution in [3.63, 3.8) is 0 Å². The van der Waals surface area contributed by atoms with Crippen molar-refractivity contribution in [2.75, 3.05) is 5.32 Å². The van der Waals surface area contributed by atoms with Gasteiger partial charge < -0.3 is 0 Å². The molecule has 0 saturated heterocycles. The van der Waals surface area contributed by atoms with Gasteiger partial charge in [-0.1, -0.05) is 48.1 Å². The lowest BCUT2D eigenvalue weighted by molar-refractivity contribution is -0.112. The molecule has 0 aliphatic carbocycles. The van der Waals surface area contributed by atoms with Crippen molar-refractivity contribution >= 4 is 28.2 Å². The maximum atomic E-state index is 11.9. The number of Topliss-reactive ketones (excluding diaryl/α,β-unsaturated/α-hetero) is 1. The van der Waals surface area contributed by atoms with Gasteiger partial charge in [-0.25, -0.2) is 0 Å². The minimum Gasteiger partial charge on any atom is -0.294 e. The molecule has 0 bridgehead atoms. The summed E-state index contributed by atoms with van der Waals surface area (Å²) in [5.41, 5.74) is 1.40. The Morgan fingerprint density at radius 1 is 1.21 bits per heavy atom. The number of nitrogens with zero attached hydrogens (tertiary/aromatic N) is 2. The normalized spacial score (nSPS) is 10.2. The molecule has 0 aliphatic rings. The molecule has 0 unspecified atom stereocenters. The summed E-state index contributed by atoms with van der Waals surface area (Å²) in [6, 6.07) is 6.85. The Morgan fingerprint density at radius 2 is 1.89 bits per heavy atom. The molecular weight excluding hydrogens is 262 g/mol.